The van der Waals surface area contributed by atoms with Crippen LogP contribution >= 0.6 is 0 Å². The van der Waals surface area contributed by atoms with E-state index in [0.29, 0.717) is 0 Å². The molecule has 0 saturated carbocycles. The number of ether oxygens (including phenoxy) is 1. The summed E-state index contributed by atoms with van der Waals surface area (Å²) in [5.74, 6) is -2.87. The van der Waals surface area contributed by atoms with Crippen molar-refractivity contribution in [2.24, 2.45) is 5.92 Å². The number of hydrogen-bond acceptors (Lipinski definition) is 4. The summed E-state index contributed by atoms with van der Waals surface area (Å²) in [4.78, 5) is 34.7. The number of piperidine rings is 1. The van der Waals surface area contributed by atoms with Crippen molar-refractivity contribution in [1.29, 1.82) is 0 Å². The second-order valence-corrected chi connectivity index (χ2v) is 3.46. The minimum atomic E-state index is -1.08. The van der Waals surface area contributed by atoms with Gasteiger partial charge in [-0.15, -0.1) is 0 Å². The normalized spacial score (nSPS) is 26.3. The Labute approximate surface area is 86.8 Å². The van der Waals surface area contributed by atoms with E-state index in [-0.39, 0.29) is 18.7 Å². The van der Waals surface area contributed by atoms with Crippen molar-refractivity contribution in [2.75, 3.05) is 14.2 Å². The summed E-state index contributed by atoms with van der Waals surface area (Å²) in [6, 6.07) is -1.01. The Hall–Kier alpha value is -1.59. The van der Waals surface area contributed by atoms with Crippen molar-refractivity contribution in [3.05, 3.63) is 0 Å². The number of carboxylic acids is 1. The number of carboxylic acid groups (broad SMARTS) is 1. The molecule has 0 aliphatic carbocycles. The van der Waals surface area contributed by atoms with E-state index in [1.54, 1.807) is 0 Å². The number of likely N-dealkylation sites (tertiary alicyclic amines) is 1. The zero-order chi connectivity index (χ0) is 11.6. The number of amides is 1. The van der Waals surface area contributed by atoms with E-state index in [2.05, 4.69) is 4.74 Å². The van der Waals surface area contributed by atoms with E-state index in [1.807, 2.05) is 0 Å². The number of rotatable bonds is 2. The van der Waals surface area contributed by atoms with Crippen molar-refractivity contribution >= 4 is 17.8 Å². The summed E-state index contributed by atoms with van der Waals surface area (Å²) in [6.07, 6.45) is 0.333. The summed E-state index contributed by atoms with van der Waals surface area (Å²) >= 11 is 0. The lowest BCUT2D eigenvalue weighted by Gasteiger charge is -2.34. The van der Waals surface area contributed by atoms with Crippen LogP contribution in [0.4, 0.5) is 0 Å². The zero-order valence-corrected chi connectivity index (χ0v) is 8.60. The Morgan fingerprint density at radius 1 is 1.53 bits per heavy atom. The topological polar surface area (TPSA) is 83.9 Å². The third-order valence-electron chi connectivity index (χ3n) is 2.62. The van der Waals surface area contributed by atoms with E-state index in [4.69, 9.17) is 5.11 Å². The van der Waals surface area contributed by atoms with Gasteiger partial charge in [-0.25, -0.2) is 4.79 Å². The quantitative estimate of drug-likeness (QED) is 0.626. The predicted molar refractivity (Wildman–Crippen MR) is 48.9 cm³/mol. The third-order valence-corrected chi connectivity index (χ3v) is 2.62. The number of nitrogens with zero attached hydrogens (tertiary/aromatic N) is 1. The molecule has 1 saturated heterocycles. The van der Waals surface area contributed by atoms with E-state index >= 15 is 0 Å². The molecule has 6 nitrogen and oxygen atoms in total. The molecule has 15 heavy (non-hydrogen) atoms. The molecular formula is C9H13NO5. The SMILES string of the molecule is COC(=O)[C@@H]1[C@@H](C(=O)O)CCC(=O)N1C. The summed E-state index contributed by atoms with van der Waals surface area (Å²) in [5, 5.41) is 8.91. The van der Waals surface area contributed by atoms with Gasteiger partial charge in [-0.2, -0.15) is 0 Å². The highest BCUT2D eigenvalue weighted by atomic mass is 16.5. The first-order valence-corrected chi connectivity index (χ1v) is 4.55. The lowest BCUT2D eigenvalue weighted by atomic mass is 9.89. The fourth-order valence-corrected chi connectivity index (χ4v) is 1.74. The molecule has 0 radical (unpaired) electrons. The number of esters is 1. The van der Waals surface area contributed by atoms with Crippen LogP contribution in [0.2, 0.25) is 0 Å². The van der Waals surface area contributed by atoms with Gasteiger partial charge >= 0.3 is 11.9 Å². The number of carbonyl (C=O) groups is 3. The maximum Gasteiger partial charge on any atom is 0.329 e. The van der Waals surface area contributed by atoms with Gasteiger partial charge in [0.05, 0.1) is 13.0 Å². The first-order valence-electron chi connectivity index (χ1n) is 4.55. The summed E-state index contributed by atoms with van der Waals surface area (Å²) in [7, 11) is 2.59. The van der Waals surface area contributed by atoms with Crippen molar-refractivity contribution in [2.45, 2.75) is 18.9 Å². The van der Waals surface area contributed by atoms with Gasteiger partial charge in [0, 0.05) is 13.5 Å². The molecule has 2 atom stereocenters. The molecule has 0 aromatic rings. The summed E-state index contributed by atoms with van der Waals surface area (Å²) in [5.41, 5.74) is 0. The van der Waals surface area contributed by atoms with E-state index in [9.17, 15) is 14.4 Å². The molecule has 1 heterocycles. The molecule has 0 spiro atoms. The first kappa shape index (κ1) is 11.5. The molecular weight excluding hydrogens is 202 g/mol. The molecule has 1 aliphatic rings. The second kappa shape index (κ2) is 4.29. The number of methoxy groups -OCH3 is 1. The van der Waals surface area contributed by atoms with Crippen LogP contribution in [0.1, 0.15) is 12.8 Å². The largest absolute Gasteiger partial charge is 0.481 e. The van der Waals surface area contributed by atoms with Crippen LogP contribution < -0.4 is 0 Å². The van der Waals surface area contributed by atoms with Crippen LogP contribution in [-0.2, 0) is 19.1 Å². The molecule has 1 aliphatic heterocycles. The first-order chi connectivity index (χ1) is 6.99. The molecule has 84 valence electrons. The molecule has 0 aromatic carbocycles. The molecule has 1 N–H and O–H groups in total. The van der Waals surface area contributed by atoms with Crippen LogP contribution in [0, 0.1) is 5.92 Å². The van der Waals surface area contributed by atoms with E-state index in [1.165, 1.54) is 14.2 Å². The van der Waals surface area contributed by atoms with Gasteiger partial charge in [-0.1, -0.05) is 0 Å². The van der Waals surface area contributed by atoms with Crippen molar-refractivity contribution in [1.82, 2.24) is 4.90 Å². The summed E-state index contributed by atoms with van der Waals surface area (Å²) < 4.78 is 4.49. The standard InChI is InChI=1S/C9H13NO5/c1-10-6(11)4-3-5(8(12)13)7(10)9(14)15-2/h5,7H,3-4H2,1-2H3,(H,12,13)/t5-,7-/m0/s1. The van der Waals surface area contributed by atoms with Crippen molar-refractivity contribution < 1.29 is 24.2 Å². The minimum absolute atomic E-state index is 0.154. The Kier molecular flexibility index (Phi) is 3.28. The highest BCUT2D eigenvalue weighted by molar-refractivity contribution is 5.90. The van der Waals surface area contributed by atoms with Gasteiger partial charge in [0.25, 0.3) is 0 Å². The fraction of sp³-hybridized carbons (Fsp3) is 0.667. The lowest BCUT2D eigenvalue weighted by Crippen LogP contribution is -2.53. The molecule has 0 aromatic heterocycles. The smallest absolute Gasteiger partial charge is 0.329 e. The van der Waals surface area contributed by atoms with Crippen LogP contribution in [-0.4, -0.2) is 48.1 Å². The van der Waals surface area contributed by atoms with Gasteiger partial charge in [0.1, 0.15) is 6.04 Å². The molecule has 0 bridgehead atoms. The Bertz CT molecular complexity index is 301. The highest BCUT2D eigenvalue weighted by Gasteiger charge is 2.43. The minimum Gasteiger partial charge on any atom is -0.481 e. The van der Waals surface area contributed by atoms with Crippen LogP contribution in [0.3, 0.4) is 0 Å². The van der Waals surface area contributed by atoms with Crippen LogP contribution in [0.25, 0.3) is 0 Å². The molecule has 6 heteroatoms. The van der Waals surface area contributed by atoms with Gasteiger partial charge < -0.3 is 14.7 Å². The van der Waals surface area contributed by atoms with Crippen molar-refractivity contribution in [3.63, 3.8) is 0 Å². The maximum absolute atomic E-state index is 11.4. The Morgan fingerprint density at radius 2 is 2.13 bits per heavy atom. The molecule has 1 amide bonds. The number of carbonyl (C=O) groups excluding carboxylic acids is 2. The Morgan fingerprint density at radius 3 is 2.60 bits per heavy atom. The van der Waals surface area contributed by atoms with Crippen LogP contribution in [0.15, 0.2) is 0 Å². The van der Waals surface area contributed by atoms with Gasteiger partial charge in [0.15, 0.2) is 0 Å². The second-order valence-electron chi connectivity index (χ2n) is 3.46. The van der Waals surface area contributed by atoms with Gasteiger partial charge in [0.2, 0.25) is 5.91 Å². The molecule has 1 fully saturated rings. The Balaban J connectivity index is 2.94. The van der Waals surface area contributed by atoms with Crippen molar-refractivity contribution in [3.8, 4) is 0 Å². The van der Waals surface area contributed by atoms with E-state index in [0.717, 1.165) is 4.90 Å². The third kappa shape index (κ3) is 2.08. The highest BCUT2D eigenvalue weighted by Crippen LogP contribution is 2.24. The fourth-order valence-electron chi connectivity index (χ4n) is 1.74. The molecule has 0 unspecified atom stereocenters. The van der Waals surface area contributed by atoms with Gasteiger partial charge in [-0.05, 0) is 6.42 Å². The van der Waals surface area contributed by atoms with Crippen LogP contribution in [0.5, 0.6) is 0 Å². The average Bonchev–Trinajstić information content (AvgIpc) is 2.20. The number of aliphatic carboxylic acids is 1. The van der Waals surface area contributed by atoms with E-state index < -0.39 is 23.9 Å². The maximum atomic E-state index is 11.4. The summed E-state index contributed by atoms with van der Waals surface area (Å²) in [6.45, 7) is 0. The zero-order valence-electron chi connectivity index (χ0n) is 8.60. The lowest BCUT2D eigenvalue weighted by molar-refractivity contribution is -0.164. The average molecular weight is 215 g/mol. The predicted octanol–water partition coefficient (Wildman–Crippen LogP) is -0.519. The van der Waals surface area contributed by atoms with Gasteiger partial charge in [-0.3, -0.25) is 9.59 Å². The number of likely N-dealkylation sites (N-methyl/N-ethyl adjacent to an activating group) is 1. The molecule has 1 rings (SSSR count). The number of hydrogen-bond donors (Lipinski definition) is 1. The monoisotopic (exact) mass is 215 g/mol.